The second kappa shape index (κ2) is 7.82. The molecule has 1 aromatic carbocycles. The van der Waals surface area contributed by atoms with Crippen LogP contribution in [0.5, 0.6) is 5.75 Å². The summed E-state index contributed by atoms with van der Waals surface area (Å²) >= 11 is 0. The lowest BCUT2D eigenvalue weighted by Crippen LogP contribution is -2.35. The number of aliphatic carboxylic acids is 1. The third-order valence-corrected chi connectivity index (χ3v) is 3.42. The summed E-state index contributed by atoms with van der Waals surface area (Å²) in [6, 6.07) is 7.86. The molecule has 22 heavy (non-hydrogen) atoms. The standard InChI is InChI=1S/C17H25NO4/c1-12(2)13-5-7-14(8-6-13)22-10-9-18-15(19)11-17(3,4)16(20)21/h5-8,12H,9-11H2,1-4H3,(H,18,19)(H,20,21). The first-order chi connectivity index (χ1) is 10.2. The van der Waals surface area contributed by atoms with Gasteiger partial charge in [-0.25, -0.2) is 0 Å². The van der Waals surface area contributed by atoms with Gasteiger partial charge >= 0.3 is 5.97 Å². The van der Waals surface area contributed by atoms with Gasteiger partial charge in [0.2, 0.25) is 5.91 Å². The molecular formula is C17H25NO4. The molecule has 0 aliphatic heterocycles. The van der Waals surface area contributed by atoms with Gasteiger partial charge in [0.1, 0.15) is 12.4 Å². The summed E-state index contributed by atoms with van der Waals surface area (Å²) in [4.78, 5) is 22.6. The fourth-order valence-corrected chi connectivity index (χ4v) is 1.85. The predicted molar refractivity (Wildman–Crippen MR) is 85.1 cm³/mol. The summed E-state index contributed by atoms with van der Waals surface area (Å²) in [5.74, 6) is -0.0364. The summed E-state index contributed by atoms with van der Waals surface area (Å²) in [7, 11) is 0. The van der Waals surface area contributed by atoms with E-state index in [2.05, 4.69) is 19.2 Å². The van der Waals surface area contributed by atoms with Gasteiger partial charge in [-0.2, -0.15) is 0 Å². The number of rotatable bonds is 8. The van der Waals surface area contributed by atoms with Crippen LogP contribution < -0.4 is 10.1 Å². The normalized spacial score (nSPS) is 11.3. The van der Waals surface area contributed by atoms with E-state index in [0.29, 0.717) is 19.1 Å². The summed E-state index contributed by atoms with van der Waals surface area (Å²) < 4.78 is 5.54. The minimum Gasteiger partial charge on any atom is -0.492 e. The summed E-state index contributed by atoms with van der Waals surface area (Å²) in [6.45, 7) is 8.01. The highest BCUT2D eigenvalue weighted by Gasteiger charge is 2.29. The van der Waals surface area contributed by atoms with E-state index in [9.17, 15) is 9.59 Å². The van der Waals surface area contributed by atoms with E-state index in [1.165, 1.54) is 19.4 Å². The first-order valence-electron chi connectivity index (χ1n) is 7.45. The van der Waals surface area contributed by atoms with Gasteiger partial charge in [0.15, 0.2) is 0 Å². The van der Waals surface area contributed by atoms with Crippen LogP contribution in [-0.2, 0) is 9.59 Å². The molecule has 1 aromatic rings. The number of carboxylic acid groups (broad SMARTS) is 1. The van der Waals surface area contributed by atoms with Gasteiger partial charge in [-0.3, -0.25) is 9.59 Å². The third kappa shape index (κ3) is 5.76. The lowest BCUT2D eigenvalue weighted by molar-refractivity contribution is -0.149. The van der Waals surface area contributed by atoms with Crippen LogP contribution in [0.1, 0.15) is 45.6 Å². The Labute approximate surface area is 131 Å². The molecule has 122 valence electrons. The van der Waals surface area contributed by atoms with E-state index in [4.69, 9.17) is 9.84 Å². The number of hydrogen-bond acceptors (Lipinski definition) is 3. The Kier molecular flexibility index (Phi) is 6.40. The molecule has 5 heteroatoms. The third-order valence-electron chi connectivity index (χ3n) is 3.42. The molecule has 0 bridgehead atoms. The van der Waals surface area contributed by atoms with E-state index in [1.807, 2.05) is 24.3 Å². The van der Waals surface area contributed by atoms with E-state index >= 15 is 0 Å². The van der Waals surface area contributed by atoms with Crippen LogP contribution in [0.15, 0.2) is 24.3 Å². The minimum absolute atomic E-state index is 0.0502. The first kappa shape index (κ1) is 18.0. The van der Waals surface area contributed by atoms with Gasteiger partial charge in [0.25, 0.3) is 0 Å². The molecule has 0 fully saturated rings. The lowest BCUT2D eigenvalue weighted by atomic mass is 9.89. The molecule has 1 rings (SSSR count). The van der Waals surface area contributed by atoms with Gasteiger partial charge in [0.05, 0.1) is 12.0 Å². The largest absolute Gasteiger partial charge is 0.492 e. The average molecular weight is 307 g/mol. The van der Waals surface area contributed by atoms with Crippen molar-refractivity contribution >= 4 is 11.9 Å². The fourth-order valence-electron chi connectivity index (χ4n) is 1.85. The number of amides is 1. The second-order valence-corrected chi connectivity index (χ2v) is 6.29. The predicted octanol–water partition coefficient (Wildman–Crippen LogP) is 2.81. The van der Waals surface area contributed by atoms with Crippen LogP contribution in [0.4, 0.5) is 0 Å². The highest BCUT2D eigenvalue weighted by atomic mass is 16.5. The average Bonchev–Trinajstić information content (AvgIpc) is 2.43. The maximum absolute atomic E-state index is 11.7. The molecule has 0 spiro atoms. The van der Waals surface area contributed by atoms with Crippen molar-refractivity contribution in [1.29, 1.82) is 0 Å². The van der Waals surface area contributed by atoms with Crippen molar-refractivity contribution in [3.05, 3.63) is 29.8 Å². The molecular weight excluding hydrogens is 282 g/mol. The van der Waals surface area contributed by atoms with Crippen molar-refractivity contribution in [2.45, 2.75) is 40.0 Å². The van der Waals surface area contributed by atoms with Crippen molar-refractivity contribution in [2.24, 2.45) is 5.41 Å². The Hall–Kier alpha value is -2.04. The van der Waals surface area contributed by atoms with Gasteiger partial charge in [-0.1, -0.05) is 26.0 Å². The van der Waals surface area contributed by atoms with E-state index in [0.717, 1.165) is 5.75 Å². The number of carbonyl (C=O) groups is 2. The summed E-state index contributed by atoms with van der Waals surface area (Å²) in [5.41, 5.74) is 0.189. The van der Waals surface area contributed by atoms with Crippen LogP contribution in [0.3, 0.4) is 0 Å². The zero-order valence-electron chi connectivity index (χ0n) is 13.7. The minimum atomic E-state index is -1.06. The van der Waals surface area contributed by atoms with Crippen molar-refractivity contribution < 1.29 is 19.4 Å². The molecule has 0 radical (unpaired) electrons. The first-order valence-corrected chi connectivity index (χ1v) is 7.45. The van der Waals surface area contributed by atoms with Crippen molar-refractivity contribution in [2.75, 3.05) is 13.2 Å². The van der Waals surface area contributed by atoms with Crippen molar-refractivity contribution in [1.82, 2.24) is 5.32 Å². The molecule has 0 aliphatic rings. The van der Waals surface area contributed by atoms with Crippen LogP contribution in [0.2, 0.25) is 0 Å². The summed E-state index contributed by atoms with van der Waals surface area (Å²) in [6.07, 6.45) is -0.0502. The van der Waals surface area contributed by atoms with Gasteiger partial charge in [-0.15, -0.1) is 0 Å². The van der Waals surface area contributed by atoms with Crippen molar-refractivity contribution in [3.8, 4) is 5.75 Å². The smallest absolute Gasteiger partial charge is 0.309 e. The van der Waals surface area contributed by atoms with E-state index in [-0.39, 0.29) is 12.3 Å². The van der Waals surface area contributed by atoms with Gasteiger partial charge < -0.3 is 15.2 Å². The van der Waals surface area contributed by atoms with Crippen LogP contribution in [0.25, 0.3) is 0 Å². The molecule has 0 heterocycles. The molecule has 1 amide bonds. The van der Waals surface area contributed by atoms with Crippen LogP contribution in [0, 0.1) is 5.41 Å². The number of carbonyl (C=O) groups excluding carboxylic acids is 1. The highest BCUT2D eigenvalue weighted by molar-refractivity contribution is 5.84. The Morgan fingerprint density at radius 1 is 1.23 bits per heavy atom. The number of hydrogen-bond donors (Lipinski definition) is 2. The van der Waals surface area contributed by atoms with Gasteiger partial charge in [-0.05, 0) is 37.5 Å². The van der Waals surface area contributed by atoms with Gasteiger partial charge in [0, 0.05) is 6.42 Å². The number of nitrogens with one attached hydrogen (secondary N) is 1. The Morgan fingerprint density at radius 2 is 1.82 bits per heavy atom. The Morgan fingerprint density at radius 3 is 2.32 bits per heavy atom. The molecule has 0 unspecified atom stereocenters. The quantitative estimate of drug-likeness (QED) is 0.724. The Bertz CT molecular complexity index is 506. The van der Waals surface area contributed by atoms with Crippen molar-refractivity contribution in [3.63, 3.8) is 0 Å². The second-order valence-electron chi connectivity index (χ2n) is 6.29. The molecule has 0 saturated carbocycles. The topological polar surface area (TPSA) is 75.6 Å². The molecule has 0 saturated heterocycles. The molecule has 0 aliphatic carbocycles. The highest BCUT2D eigenvalue weighted by Crippen LogP contribution is 2.20. The molecule has 5 nitrogen and oxygen atoms in total. The zero-order valence-corrected chi connectivity index (χ0v) is 13.7. The maximum atomic E-state index is 11.7. The monoisotopic (exact) mass is 307 g/mol. The Balaban J connectivity index is 2.30. The SMILES string of the molecule is CC(C)c1ccc(OCCNC(=O)CC(C)(C)C(=O)O)cc1. The van der Waals surface area contributed by atoms with E-state index in [1.54, 1.807) is 0 Å². The number of benzene rings is 1. The van der Waals surface area contributed by atoms with E-state index < -0.39 is 11.4 Å². The molecule has 0 aromatic heterocycles. The summed E-state index contributed by atoms with van der Waals surface area (Å²) in [5, 5.41) is 11.6. The maximum Gasteiger partial charge on any atom is 0.309 e. The number of ether oxygens (including phenoxy) is 1. The molecule has 2 N–H and O–H groups in total. The lowest BCUT2D eigenvalue weighted by Gasteiger charge is -2.18. The zero-order chi connectivity index (χ0) is 16.8. The molecule has 0 atom stereocenters. The van der Waals surface area contributed by atoms with Crippen LogP contribution >= 0.6 is 0 Å². The number of carboxylic acids is 1. The van der Waals surface area contributed by atoms with Crippen LogP contribution in [-0.4, -0.2) is 30.1 Å². The fraction of sp³-hybridized carbons (Fsp3) is 0.529.